The second-order valence-electron chi connectivity index (χ2n) is 5.55. The molecule has 21 heavy (non-hydrogen) atoms. The second-order valence-corrected chi connectivity index (χ2v) is 6.21. The number of aromatic nitrogens is 2. The van der Waals surface area contributed by atoms with Crippen LogP contribution >= 0.6 is 11.6 Å². The third-order valence-electron chi connectivity index (χ3n) is 3.72. The average molecular weight is 311 g/mol. The molecule has 0 aliphatic heterocycles. The van der Waals surface area contributed by atoms with E-state index in [4.69, 9.17) is 26.1 Å². The van der Waals surface area contributed by atoms with E-state index >= 15 is 0 Å². The molecule has 2 rings (SSSR count). The van der Waals surface area contributed by atoms with Crippen LogP contribution in [0, 0.1) is 5.92 Å². The van der Waals surface area contributed by atoms with Gasteiger partial charge in [-0.15, -0.1) is 11.6 Å². The predicted octanol–water partition coefficient (Wildman–Crippen LogP) is 4.19. The van der Waals surface area contributed by atoms with Crippen LogP contribution in [-0.4, -0.2) is 30.4 Å². The zero-order chi connectivity index (χ0) is 15.6. The largest absolute Gasteiger partial charge is 0.494 e. The highest BCUT2D eigenvalue weighted by Crippen LogP contribution is 2.34. The molecule has 0 spiro atoms. The van der Waals surface area contributed by atoms with Crippen LogP contribution < -0.4 is 4.74 Å². The van der Waals surface area contributed by atoms with Crippen molar-refractivity contribution in [3.05, 3.63) is 24.0 Å². The van der Waals surface area contributed by atoms with E-state index in [9.17, 15) is 0 Å². The molecule has 0 aliphatic rings. The molecule has 0 saturated carbocycles. The first-order valence-electron chi connectivity index (χ1n) is 7.19. The van der Waals surface area contributed by atoms with E-state index in [2.05, 4.69) is 24.5 Å². The lowest BCUT2D eigenvalue weighted by atomic mass is 10.0. The van der Waals surface area contributed by atoms with Crippen LogP contribution in [0.3, 0.4) is 0 Å². The van der Waals surface area contributed by atoms with Crippen molar-refractivity contribution in [3.63, 3.8) is 0 Å². The first-order valence-corrected chi connectivity index (χ1v) is 7.62. The normalized spacial score (nSPS) is 14.6. The van der Waals surface area contributed by atoms with Gasteiger partial charge in [-0.3, -0.25) is 0 Å². The van der Waals surface area contributed by atoms with Crippen LogP contribution in [0.2, 0.25) is 0 Å². The molecule has 0 bridgehead atoms. The Morgan fingerprint density at radius 2 is 1.95 bits per heavy atom. The summed E-state index contributed by atoms with van der Waals surface area (Å²) in [5.74, 6) is 2.03. The Hall–Kier alpha value is -1.26. The van der Waals surface area contributed by atoms with Crippen molar-refractivity contribution < 1.29 is 9.47 Å². The molecule has 2 aromatic rings. The zero-order valence-corrected chi connectivity index (χ0v) is 14.0. The Kier molecular flexibility index (Phi) is 5.12. The molecule has 0 radical (unpaired) electrons. The van der Waals surface area contributed by atoms with Gasteiger partial charge in [-0.25, -0.2) is 4.98 Å². The zero-order valence-electron chi connectivity index (χ0n) is 13.3. The Balaban J connectivity index is 2.71. The number of hydrogen-bond donors (Lipinski definition) is 0. The number of ether oxygens (including phenoxy) is 2. The fourth-order valence-electron chi connectivity index (χ4n) is 2.64. The number of rotatable bonds is 6. The summed E-state index contributed by atoms with van der Waals surface area (Å²) in [5.41, 5.74) is 1.89. The van der Waals surface area contributed by atoms with E-state index in [1.165, 1.54) is 0 Å². The Labute approximate surface area is 131 Å². The number of halogens is 1. The number of fused-ring (bicyclic) bond motifs is 1. The highest BCUT2D eigenvalue weighted by atomic mass is 35.5. The first-order chi connectivity index (χ1) is 10.0. The third-order valence-corrected chi connectivity index (χ3v) is 3.92. The van der Waals surface area contributed by atoms with Crippen molar-refractivity contribution in [1.82, 2.24) is 9.55 Å². The van der Waals surface area contributed by atoms with Gasteiger partial charge in [0.2, 0.25) is 0 Å². The SMILES string of the molecule is COCC(C(C)C)n1c(C(C)Cl)nc2c(OC)cccc21. The predicted molar refractivity (Wildman–Crippen MR) is 86.3 cm³/mol. The molecule has 2 unspecified atom stereocenters. The molecule has 1 aromatic heterocycles. The molecule has 5 heteroatoms. The van der Waals surface area contributed by atoms with Gasteiger partial charge in [-0.05, 0) is 25.0 Å². The molecule has 0 aliphatic carbocycles. The van der Waals surface area contributed by atoms with Crippen molar-refractivity contribution in [1.29, 1.82) is 0 Å². The van der Waals surface area contributed by atoms with Crippen molar-refractivity contribution in [3.8, 4) is 5.75 Å². The van der Waals surface area contributed by atoms with Crippen LogP contribution in [0.5, 0.6) is 5.75 Å². The maximum atomic E-state index is 6.36. The van der Waals surface area contributed by atoms with Gasteiger partial charge in [0.15, 0.2) is 0 Å². The van der Waals surface area contributed by atoms with E-state index in [1.54, 1.807) is 14.2 Å². The lowest BCUT2D eigenvalue weighted by molar-refractivity contribution is 0.133. The van der Waals surface area contributed by atoms with Gasteiger partial charge in [-0.2, -0.15) is 0 Å². The standard InChI is InChI=1S/C16H23ClN2O2/c1-10(2)13(9-20-4)19-12-7-6-8-14(21-5)15(12)18-16(19)11(3)17/h6-8,10-11,13H,9H2,1-5H3. The summed E-state index contributed by atoms with van der Waals surface area (Å²) in [5, 5.41) is -0.180. The molecule has 4 nitrogen and oxygen atoms in total. The summed E-state index contributed by atoms with van der Waals surface area (Å²) in [6, 6.07) is 6.14. The molecule has 0 N–H and O–H groups in total. The molecule has 1 heterocycles. The molecule has 1 aromatic carbocycles. The number of para-hydroxylation sites is 1. The van der Waals surface area contributed by atoms with E-state index in [0.29, 0.717) is 12.5 Å². The van der Waals surface area contributed by atoms with Crippen molar-refractivity contribution in [2.75, 3.05) is 20.8 Å². The molecule has 116 valence electrons. The molecule has 0 amide bonds. The van der Waals surface area contributed by atoms with Crippen LogP contribution in [0.1, 0.15) is 38.0 Å². The maximum absolute atomic E-state index is 6.36. The van der Waals surface area contributed by atoms with Crippen LogP contribution in [0.4, 0.5) is 0 Å². The molecule has 0 fully saturated rings. The Morgan fingerprint density at radius 3 is 2.48 bits per heavy atom. The summed E-state index contributed by atoms with van der Waals surface area (Å²) < 4.78 is 13.0. The smallest absolute Gasteiger partial charge is 0.146 e. The number of benzene rings is 1. The fourth-order valence-corrected chi connectivity index (χ4v) is 2.79. The highest BCUT2D eigenvalue weighted by Gasteiger charge is 2.25. The van der Waals surface area contributed by atoms with E-state index in [1.807, 2.05) is 19.1 Å². The summed E-state index contributed by atoms with van der Waals surface area (Å²) >= 11 is 6.36. The molecule has 2 atom stereocenters. The van der Waals surface area contributed by atoms with Crippen molar-refractivity contribution >= 4 is 22.6 Å². The number of alkyl halides is 1. The topological polar surface area (TPSA) is 36.3 Å². The number of nitrogens with zero attached hydrogens (tertiary/aromatic N) is 2. The van der Waals surface area contributed by atoms with Gasteiger partial charge in [0.1, 0.15) is 17.1 Å². The summed E-state index contributed by atoms with van der Waals surface area (Å²) in [6.07, 6.45) is 0. The van der Waals surface area contributed by atoms with Gasteiger partial charge < -0.3 is 14.0 Å². The van der Waals surface area contributed by atoms with Gasteiger partial charge in [0.25, 0.3) is 0 Å². The number of imidazole rings is 1. The average Bonchev–Trinajstić information content (AvgIpc) is 2.83. The van der Waals surface area contributed by atoms with Crippen LogP contribution in [-0.2, 0) is 4.74 Å². The van der Waals surface area contributed by atoms with Gasteiger partial charge in [-0.1, -0.05) is 19.9 Å². The number of methoxy groups -OCH3 is 2. The summed E-state index contributed by atoms with van der Waals surface area (Å²) in [4.78, 5) is 4.72. The maximum Gasteiger partial charge on any atom is 0.146 e. The lowest BCUT2D eigenvalue weighted by Gasteiger charge is -2.25. The molecular formula is C16H23ClN2O2. The highest BCUT2D eigenvalue weighted by molar-refractivity contribution is 6.20. The van der Waals surface area contributed by atoms with E-state index in [-0.39, 0.29) is 11.4 Å². The summed E-state index contributed by atoms with van der Waals surface area (Å²) in [6.45, 7) is 6.92. The minimum atomic E-state index is -0.180. The van der Waals surface area contributed by atoms with E-state index in [0.717, 1.165) is 22.6 Å². The van der Waals surface area contributed by atoms with Crippen LogP contribution in [0.15, 0.2) is 18.2 Å². The van der Waals surface area contributed by atoms with Gasteiger partial charge in [0.05, 0.1) is 30.7 Å². The minimum Gasteiger partial charge on any atom is -0.494 e. The molecule has 0 saturated heterocycles. The first kappa shape index (κ1) is 16.1. The monoisotopic (exact) mass is 310 g/mol. The third kappa shape index (κ3) is 3.01. The summed E-state index contributed by atoms with van der Waals surface area (Å²) in [7, 11) is 3.38. The molecular weight excluding hydrogens is 288 g/mol. The van der Waals surface area contributed by atoms with Gasteiger partial charge >= 0.3 is 0 Å². The lowest BCUT2D eigenvalue weighted by Crippen LogP contribution is -2.22. The van der Waals surface area contributed by atoms with Crippen molar-refractivity contribution in [2.24, 2.45) is 5.92 Å². The van der Waals surface area contributed by atoms with Gasteiger partial charge in [0, 0.05) is 7.11 Å². The van der Waals surface area contributed by atoms with E-state index < -0.39 is 0 Å². The second kappa shape index (κ2) is 6.67. The minimum absolute atomic E-state index is 0.180. The Bertz CT molecular complexity index is 608. The van der Waals surface area contributed by atoms with Crippen LogP contribution in [0.25, 0.3) is 11.0 Å². The fraction of sp³-hybridized carbons (Fsp3) is 0.562. The Morgan fingerprint density at radius 1 is 1.24 bits per heavy atom. The quantitative estimate of drug-likeness (QED) is 0.751. The number of hydrogen-bond acceptors (Lipinski definition) is 3. The van der Waals surface area contributed by atoms with Crippen molar-refractivity contribution in [2.45, 2.75) is 32.2 Å².